The number of nitrogens with two attached hydrogens (primary N) is 1. The van der Waals surface area contributed by atoms with Gasteiger partial charge in [-0.3, -0.25) is 0 Å². The SMILES string of the molecule is CC.CCC1CCCCC1.CN. The fourth-order valence-electron chi connectivity index (χ4n) is 1.60. The first-order valence-corrected chi connectivity index (χ1v) is 5.51. The zero-order valence-electron chi connectivity index (χ0n) is 9.40. The summed E-state index contributed by atoms with van der Waals surface area (Å²) in [5, 5.41) is 0. The monoisotopic (exact) mass is 173 g/mol. The van der Waals surface area contributed by atoms with E-state index in [1.807, 2.05) is 13.8 Å². The molecule has 76 valence electrons. The highest BCUT2D eigenvalue weighted by molar-refractivity contribution is 4.63. The predicted molar refractivity (Wildman–Crippen MR) is 58.3 cm³/mol. The van der Waals surface area contributed by atoms with E-state index in [1.165, 1.54) is 45.6 Å². The smallest absolute Gasteiger partial charge is 0.0195 e. The molecular weight excluding hydrogens is 146 g/mol. The fraction of sp³-hybridized carbons (Fsp3) is 1.00. The molecule has 1 saturated carbocycles. The Kier molecular flexibility index (Phi) is 16.3. The first kappa shape index (κ1) is 14.5. The summed E-state index contributed by atoms with van der Waals surface area (Å²) in [6, 6.07) is 0. The zero-order chi connectivity index (χ0) is 9.82. The summed E-state index contributed by atoms with van der Waals surface area (Å²) in [6.45, 7) is 6.32. The van der Waals surface area contributed by atoms with Gasteiger partial charge in [-0.2, -0.15) is 0 Å². The van der Waals surface area contributed by atoms with E-state index in [1.54, 1.807) is 0 Å². The van der Waals surface area contributed by atoms with Crippen LogP contribution in [0.2, 0.25) is 0 Å². The van der Waals surface area contributed by atoms with Gasteiger partial charge in [0.05, 0.1) is 0 Å². The van der Waals surface area contributed by atoms with Crippen LogP contribution in [0.3, 0.4) is 0 Å². The van der Waals surface area contributed by atoms with Crippen molar-refractivity contribution in [3.63, 3.8) is 0 Å². The standard InChI is InChI=1S/C8H16.C2H6.CH5N/c1-2-8-6-4-3-5-7-8;2*1-2/h8H,2-7H2,1H3;1-2H3;2H2,1H3. The average molecular weight is 173 g/mol. The van der Waals surface area contributed by atoms with Crippen molar-refractivity contribution < 1.29 is 0 Å². The molecule has 0 aromatic rings. The van der Waals surface area contributed by atoms with Crippen LogP contribution < -0.4 is 5.73 Å². The van der Waals surface area contributed by atoms with Crippen LogP contribution in [0.4, 0.5) is 0 Å². The first-order valence-electron chi connectivity index (χ1n) is 5.51. The minimum atomic E-state index is 1.09. The Morgan fingerprint density at radius 2 is 1.42 bits per heavy atom. The number of rotatable bonds is 1. The van der Waals surface area contributed by atoms with Crippen molar-refractivity contribution in [2.24, 2.45) is 11.7 Å². The van der Waals surface area contributed by atoms with E-state index in [0.717, 1.165) is 5.92 Å². The fourth-order valence-corrected chi connectivity index (χ4v) is 1.60. The molecule has 0 saturated heterocycles. The summed E-state index contributed by atoms with van der Waals surface area (Å²) in [5.74, 6) is 1.09. The first-order chi connectivity index (χ1) is 5.93. The molecule has 1 nitrogen and oxygen atoms in total. The van der Waals surface area contributed by atoms with Crippen molar-refractivity contribution in [3.05, 3.63) is 0 Å². The van der Waals surface area contributed by atoms with Crippen LogP contribution in [0.15, 0.2) is 0 Å². The second-order valence-electron chi connectivity index (χ2n) is 2.91. The van der Waals surface area contributed by atoms with Gasteiger partial charge in [0.1, 0.15) is 0 Å². The lowest BCUT2D eigenvalue weighted by atomic mass is 9.88. The lowest BCUT2D eigenvalue weighted by molar-refractivity contribution is 0.349. The van der Waals surface area contributed by atoms with E-state index in [9.17, 15) is 0 Å². The van der Waals surface area contributed by atoms with Crippen LogP contribution in [0.1, 0.15) is 59.3 Å². The molecule has 0 aromatic carbocycles. The third kappa shape index (κ3) is 8.06. The van der Waals surface area contributed by atoms with E-state index in [0.29, 0.717) is 0 Å². The number of hydrogen-bond acceptors (Lipinski definition) is 1. The zero-order valence-corrected chi connectivity index (χ0v) is 9.40. The lowest BCUT2D eigenvalue weighted by Gasteiger charge is -2.18. The molecule has 0 bridgehead atoms. The van der Waals surface area contributed by atoms with Gasteiger partial charge in [-0.05, 0) is 13.0 Å². The van der Waals surface area contributed by atoms with E-state index < -0.39 is 0 Å². The van der Waals surface area contributed by atoms with Crippen LogP contribution in [0, 0.1) is 5.92 Å². The molecule has 0 spiro atoms. The summed E-state index contributed by atoms with van der Waals surface area (Å²) in [5.41, 5.74) is 4.50. The molecule has 1 aliphatic carbocycles. The van der Waals surface area contributed by atoms with E-state index in [2.05, 4.69) is 12.7 Å². The molecule has 1 heteroatoms. The molecule has 0 atom stereocenters. The Hall–Kier alpha value is -0.0400. The molecule has 1 aliphatic rings. The van der Waals surface area contributed by atoms with Gasteiger partial charge in [0, 0.05) is 0 Å². The normalized spacial score (nSPS) is 16.8. The van der Waals surface area contributed by atoms with E-state index in [4.69, 9.17) is 0 Å². The Morgan fingerprint density at radius 3 is 1.67 bits per heavy atom. The van der Waals surface area contributed by atoms with Crippen molar-refractivity contribution in [2.45, 2.75) is 59.3 Å². The topological polar surface area (TPSA) is 26.0 Å². The largest absolute Gasteiger partial charge is 0.333 e. The molecular formula is C11H27N. The molecule has 0 aliphatic heterocycles. The summed E-state index contributed by atoms with van der Waals surface area (Å²) < 4.78 is 0. The van der Waals surface area contributed by atoms with E-state index >= 15 is 0 Å². The van der Waals surface area contributed by atoms with Crippen LogP contribution in [-0.4, -0.2) is 7.05 Å². The second-order valence-corrected chi connectivity index (χ2v) is 2.91. The van der Waals surface area contributed by atoms with Crippen LogP contribution in [0.5, 0.6) is 0 Å². The molecule has 1 fully saturated rings. The van der Waals surface area contributed by atoms with Crippen molar-refractivity contribution in [2.75, 3.05) is 7.05 Å². The molecule has 12 heavy (non-hydrogen) atoms. The van der Waals surface area contributed by atoms with Crippen molar-refractivity contribution >= 4 is 0 Å². The number of hydrogen-bond donors (Lipinski definition) is 1. The second kappa shape index (κ2) is 13.5. The van der Waals surface area contributed by atoms with Crippen LogP contribution in [0.25, 0.3) is 0 Å². The maximum Gasteiger partial charge on any atom is -0.0195 e. The molecule has 0 unspecified atom stereocenters. The van der Waals surface area contributed by atoms with Gasteiger partial charge < -0.3 is 5.73 Å². The van der Waals surface area contributed by atoms with E-state index in [-0.39, 0.29) is 0 Å². The Morgan fingerprint density at radius 1 is 1.00 bits per heavy atom. The molecule has 0 aromatic heterocycles. The summed E-state index contributed by atoms with van der Waals surface area (Å²) in [6.07, 6.45) is 8.93. The quantitative estimate of drug-likeness (QED) is 0.644. The van der Waals surface area contributed by atoms with Crippen molar-refractivity contribution in [3.8, 4) is 0 Å². The highest BCUT2D eigenvalue weighted by Crippen LogP contribution is 2.25. The van der Waals surface area contributed by atoms with Gasteiger partial charge in [-0.25, -0.2) is 0 Å². The Bertz CT molecular complexity index is 56.0. The molecule has 1 rings (SSSR count). The summed E-state index contributed by atoms with van der Waals surface area (Å²) in [7, 11) is 1.50. The van der Waals surface area contributed by atoms with Gasteiger partial charge in [-0.15, -0.1) is 0 Å². The Labute approximate surface area is 78.7 Å². The maximum atomic E-state index is 4.50. The highest BCUT2D eigenvalue weighted by Gasteiger charge is 2.09. The van der Waals surface area contributed by atoms with Gasteiger partial charge >= 0.3 is 0 Å². The van der Waals surface area contributed by atoms with Gasteiger partial charge in [0.2, 0.25) is 0 Å². The lowest BCUT2D eigenvalue weighted by Crippen LogP contribution is -2.03. The van der Waals surface area contributed by atoms with Gasteiger partial charge in [-0.1, -0.05) is 59.3 Å². The summed E-state index contributed by atoms with van der Waals surface area (Å²) >= 11 is 0. The molecule has 0 radical (unpaired) electrons. The van der Waals surface area contributed by atoms with Crippen LogP contribution in [-0.2, 0) is 0 Å². The maximum absolute atomic E-state index is 4.50. The Balaban J connectivity index is 0. The predicted octanol–water partition coefficient (Wildman–Crippen LogP) is 3.58. The third-order valence-electron chi connectivity index (χ3n) is 2.30. The minimum Gasteiger partial charge on any atom is -0.333 e. The third-order valence-corrected chi connectivity index (χ3v) is 2.30. The average Bonchev–Trinajstić information content (AvgIpc) is 2.25. The van der Waals surface area contributed by atoms with Gasteiger partial charge in [0.25, 0.3) is 0 Å². The minimum absolute atomic E-state index is 1.09. The highest BCUT2D eigenvalue weighted by atomic mass is 14.4. The van der Waals surface area contributed by atoms with Gasteiger partial charge in [0.15, 0.2) is 0 Å². The van der Waals surface area contributed by atoms with Crippen molar-refractivity contribution in [1.29, 1.82) is 0 Å². The van der Waals surface area contributed by atoms with Crippen LogP contribution >= 0.6 is 0 Å². The molecule has 0 heterocycles. The van der Waals surface area contributed by atoms with Crippen molar-refractivity contribution in [1.82, 2.24) is 0 Å². The summed E-state index contributed by atoms with van der Waals surface area (Å²) in [4.78, 5) is 0. The molecule has 0 amide bonds. The molecule has 2 N–H and O–H groups in total.